The van der Waals surface area contributed by atoms with E-state index in [4.69, 9.17) is 4.74 Å². The zero-order valence-electron chi connectivity index (χ0n) is 19.2. The lowest BCUT2D eigenvalue weighted by molar-refractivity contribution is -0.139. The highest BCUT2D eigenvalue weighted by Gasteiger charge is 2.35. The first-order chi connectivity index (χ1) is 16.2. The number of halogens is 4. The van der Waals surface area contributed by atoms with E-state index in [2.05, 4.69) is 15.0 Å². The highest BCUT2D eigenvalue weighted by molar-refractivity contribution is 5.85. The zero-order valence-corrected chi connectivity index (χ0v) is 20.0. The average Bonchev–Trinajstić information content (AvgIpc) is 3.21. The molecule has 182 valence electrons. The molecule has 3 heterocycles. The molecule has 0 unspecified atom stereocenters. The standard InChI is InChI=1S/C24H21F3N6O.ClH/c1-4-32(2)22-9-15(7-8-29-22)13-34-21-6-5-16(10-17(21)24(25,26)27)18-11-20-23(19(12-28)31-18)30-14-33(20)3;/h5-11,14H,4,13H2,1-3H3;1H. The number of aryl methyl sites for hydroxylation is 1. The van der Waals surface area contributed by atoms with Crippen molar-refractivity contribution in [3.8, 4) is 23.1 Å². The number of nitriles is 1. The van der Waals surface area contributed by atoms with Crippen LogP contribution in [0.25, 0.3) is 22.3 Å². The molecule has 0 aliphatic heterocycles. The van der Waals surface area contributed by atoms with Crippen molar-refractivity contribution < 1.29 is 17.9 Å². The minimum absolute atomic E-state index is 0. The van der Waals surface area contributed by atoms with Gasteiger partial charge in [-0.25, -0.2) is 15.0 Å². The summed E-state index contributed by atoms with van der Waals surface area (Å²) in [6.45, 7) is 2.67. The molecule has 35 heavy (non-hydrogen) atoms. The average molecular weight is 503 g/mol. The van der Waals surface area contributed by atoms with Crippen LogP contribution >= 0.6 is 12.4 Å². The van der Waals surface area contributed by atoms with E-state index in [1.54, 1.807) is 36.0 Å². The molecule has 0 N–H and O–H groups in total. The normalized spacial score (nSPS) is 11.1. The predicted octanol–water partition coefficient (Wildman–Crippen LogP) is 5.38. The van der Waals surface area contributed by atoms with E-state index < -0.39 is 11.7 Å². The summed E-state index contributed by atoms with van der Waals surface area (Å²) >= 11 is 0. The highest BCUT2D eigenvalue weighted by atomic mass is 35.5. The van der Waals surface area contributed by atoms with Crippen molar-refractivity contribution in [3.05, 3.63) is 65.7 Å². The van der Waals surface area contributed by atoms with Crippen LogP contribution in [-0.2, 0) is 19.8 Å². The van der Waals surface area contributed by atoms with Gasteiger partial charge >= 0.3 is 6.18 Å². The van der Waals surface area contributed by atoms with Gasteiger partial charge < -0.3 is 14.2 Å². The molecule has 0 radical (unpaired) electrons. The van der Waals surface area contributed by atoms with Crippen LogP contribution in [-0.4, -0.2) is 33.1 Å². The second kappa shape index (κ2) is 10.2. The van der Waals surface area contributed by atoms with Gasteiger partial charge in [0.05, 0.1) is 23.1 Å². The summed E-state index contributed by atoms with van der Waals surface area (Å²) in [6.07, 6.45) is -1.52. The molecule has 0 aliphatic rings. The number of rotatable bonds is 6. The third-order valence-electron chi connectivity index (χ3n) is 5.47. The Morgan fingerprint density at radius 1 is 1.14 bits per heavy atom. The molecule has 0 aliphatic carbocycles. The largest absolute Gasteiger partial charge is 0.488 e. The summed E-state index contributed by atoms with van der Waals surface area (Å²) < 4.78 is 49.0. The van der Waals surface area contributed by atoms with E-state index in [0.717, 1.165) is 12.6 Å². The Morgan fingerprint density at radius 3 is 2.60 bits per heavy atom. The number of pyridine rings is 2. The van der Waals surface area contributed by atoms with Gasteiger partial charge in [0.25, 0.3) is 0 Å². The second-order valence-corrected chi connectivity index (χ2v) is 7.72. The first-order valence-electron chi connectivity index (χ1n) is 10.4. The number of aromatic nitrogens is 4. The molecule has 0 saturated carbocycles. The summed E-state index contributed by atoms with van der Waals surface area (Å²) in [7, 11) is 3.61. The molecule has 0 atom stereocenters. The van der Waals surface area contributed by atoms with Crippen molar-refractivity contribution >= 4 is 29.3 Å². The summed E-state index contributed by atoms with van der Waals surface area (Å²) in [5.41, 5.74) is 1.28. The van der Waals surface area contributed by atoms with Gasteiger partial charge in [-0.15, -0.1) is 12.4 Å². The van der Waals surface area contributed by atoms with Gasteiger partial charge in [0.2, 0.25) is 0 Å². The number of benzene rings is 1. The van der Waals surface area contributed by atoms with Crippen molar-refractivity contribution in [1.29, 1.82) is 5.26 Å². The molecule has 1 aromatic carbocycles. The highest BCUT2D eigenvalue weighted by Crippen LogP contribution is 2.39. The molecule has 0 spiro atoms. The number of anilines is 1. The van der Waals surface area contributed by atoms with Crippen LogP contribution in [0.15, 0.2) is 48.9 Å². The molecular weight excluding hydrogens is 481 g/mol. The van der Waals surface area contributed by atoms with Gasteiger partial charge in [0, 0.05) is 32.4 Å². The Bertz CT molecular complexity index is 1400. The van der Waals surface area contributed by atoms with E-state index in [-0.39, 0.29) is 41.7 Å². The van der Waals surface area contributed by atoms with Gasteiger partial charge in [-0.3, -0.25) is 0 Å². The zero-order chi connectivity index (χ0) is 24.5. The van der Waals surface area contributed by atoms with E-state index in [9.17, 15) is 18.4 Å². The number of nitrogens with zero attached hydrogens (tertiary/aromatic N) is 6. The molecule has 0 fully saturated rings. The molecule has 0 bridgehead atoms. The Hall–Kier alpha value is -3.84. The molecule has 4 aromatic rings. The van der Waals surface area contributed by atoms with Crippen LogP contribution in [0.3, 0.4) is 0 Å². The summed E-state index contributed by atoms with van der Waals surface area (Å²) in [4.78, 5) is 14.5. The van der Waals surface area contributed by atoms with Crippen LogP contribution in [0, 0.1) is 11.3 Å². The molecule has 4 rings (SSSR count). The topological polar surface area (TPSA) is 79.9 Å². The molecule has 0 amide bonds. The predicted molar refractivity (Wildman–Crippen MR) is 128 cm³/mol. The van der Waals surface area contributed by atoms with Crippen molar-refractivity contribution in [2.75, 3.05) is 18.5 Å². The maximum atomic E-state index is 13.9. The van der Waals surface area contributed by atoms with Crippen LogP contribution in [0.1, 0.15) is 23.7 Å². The van der Waals surface area contributed by atoms with Crippen LogP contribution in [0.4, 0.5) is 19.0 Å². The third-order valence-corrected chi connectivity index (χ3v) is 5.47. The third kappa shape index (κ3) is 5.30. The quantitative estimate of drug-likeness (QED) is 0.352. The first kappa shape index (κ1) is 25.8. The minimum Gasteiger partial charge on any atom is -0.488 e. The van der Waals surface area contributed by atoms with Crippen LogP contribution in [0.2, 0.25) is 0 Å². The number of hydrogen-bond acceptors (Lipinski definition) is 6. The lowest BCUT2D eigenvalue weighted by Crippen LogP contribution is -2.17. The van der Waals surface area contributed by atoms with Crippen LogP contribution < -0.4 is 9.64 Å². The van der Waals surface area contributed by atoms with E-state index >= 15 is 0 Å². The summed E-state index contributed by atoms with van der Waals surface area (Å²) in [5, 5.41) is 9.42. The molecule has 0 saturated heterocycles. The number of fused-ring (bicyclic) bond motifs is 1. The number of hydrogen-bond donors (Lipinski definition) is 0. The number of ether oxygens (including phenoxy) is 1. The minimum atomic E-state index is -4.65. The van der Waals surface area contributed by atoms with Crippen molar-refractivity contribution in [2.24, 2.45) is 7.05 Å². The van der Waals surface area contributed by atoms with E-state index in [1.807, 2.05) is 24.9 Å². The fraction of sp³-hybridized carbons (Fsp3) is 0.250. The summed E-state index contributed by atoms with van der Waals surface area (Å²) in [6, 6.07) is 10.8. The van der Waals surface area contributed by atoms with Crippen molar-refractivity contribution in [3.63, 3.8) is 0 Å². The molecule has 11 heteroatoms. The lowest BCUT2D eigenvalue weighted by Gasteiger charge is -2.18. The van der Waals surface area contributed by atoms with Gasteiger partial charge in [0.15, 0.2) is 5.69 Å². The van der Waals surface area contributed by atoms with Crippen molar-refractivity contribution in [1.82, 2.24) is 19.5 Å². The van der Waals surface area contributed by atoms with Gasteiger partial charge in [-0.05, 0) is 48.9 Å². The number of alkyl halides is 3. The molecular formula is C24H22ClF3N6O. The Kier molecular flexibility index (Phi) is 7.51. The lowest BCUT2D eigenvalue weighted by atomic mass is 10.0. The Morgan fingerprint density at radius 2 is 1.91 bits per heavy atom. The van der Waals surface area contributed by atoms with Gasteiger partial charge in [-0.2, -0.15) is 18.4 Å². The second-order valence-electron chi connectivity index (χ2n) is 7.72. The smallest absolute Gasteiger partial charge is 0.419 e. The molecule has 3 aromatic heterocycles. The fourth-order valence-corrected chi connectivity index (χ4v) is 3.47. The summed E-state index contributed by atoms with van der Waals surface area (Å²) in [5.74, 6) is 0.417. The first-order valence-corrected chi connectivity index (χ1v) is 10.4. The monoisotopic (exact) mass is 502 g/mol. The maximum Gasteiger partial charge on any atom is 0.419 e. The fourth-order valence-electron chi connectivity index (χ4n) is 3.47. The van der Waals surface area contributed by atoms with Gasteiger partial charge in [0.1, 0.15) is 29.8 Å². The van der Waals surface area contributed by atoms with Gasteiger partial charge in [-0.1, -0.05) is 0 Å². The Labute approximate surface area is 206 Å². The van der Waals surface area contributed by atoms with Crippen molar-refractivity contribution in [2.45, 2.75) is 19.7 Å². The number of imidazole rings is 1. The molecule has 7 nitrogen and oxygen atoms in total. The maximum absolute atomic E-state index is 13.9. The van der Waals surface area contributed by atoms with Crippen LogP contribution in [0.5, 0.6) is 5.75 Å². The van der Waals surface area contributed by atoms with E-state index in [1.165, 1.54) is 18.5 Å². The Balaban J connectivity index is 0.00000342. The SMILES string of the molecule is CCN(C)c1cc(COc2ccc(-c3cc4c(ncn4C)c(C#N)n3)cc2C(F)(F)F)ccn1.Cl. The van der Waals surface area contributed by atoms with E-state index in [0.29, 0.717) is 22.4 Å².